The van der Waals surface area contributed by atoms with Gasteiger partial charge in [0.05, 0.1) is 9.82 Å². The molecule has 2 rings (SSSR count). The van der Waals surface area contributed by atoms with Crippen molar-refractivity contribution in [1.82, 2.24) is 4.31 Å². The Morgan fingerprint density at radius 3 is 2.16 bits per heavy atom. The van der Waals surface area contributed by atoms with E-state index in [9.17, 15) is 23.3 Å². The Labute approximate surface area is 187 Å². The molecule has 0 saturated carbocycles. The molecule has 31 heavy (non-hydrogen) atoms. The predicted octanol–water partition coefficient (Wildman–Crippen LogP) is 5.09. The maximum atomic E-state index is 13.0. The van der Waals surface area contributed by atoms with Crippen LogP contribution in [0.15, 0.2) is 47.4 Å². The first-order chi connectivity index (χ1) is 14.7. The Morgan fingerprint density at radius 2 is 1.65 bits per heavy atom. The van der Waals surface area contributed by atoms with Crippen LogP contribution in [0.25, 0.3) is 0 Å². The van der Waals surface area contributed by atoms with Crippen molar-refractivity contribution >= 4 is 38.9 Å². The average molecular weight is 468 g/mol. The maximum absolute atomic E-state index is 13.0. The number of nitrogens with zero attached hydrogens (tertiary/aromatic N) is 2. The molecule has 10 heteroatoms. The molecular formula is C21H26ClN3O5S. The minimum absolute atomic E-state index is 0.134. The number of nitro groups is 1. The lowest BCUT2D eigenvalue weighted by atomic mass is 10.1. The topological polar surface area (TPSA) is 110 Å². The number of nitrogens with one attached hydrogen (secondary N) is 1. The monoisotopic (exact) mass is 467 g/mol. The van der Waals surface area contributed by atoms with Crippen LogP contribution in [0, 0.1) is 10.1 Å². The van der Waals surface area contributed by atoms with Crippen LogP contribution in [0.3, 0.4) is 0 Å². The van der Waals surface area contributed by atoms with Gasteiger partial charge in [0.25, 0.3) is 11.6 Å². The number of sulfonamides is 1. The summed E-state index contributed by atoms with van der Waals surface area (Å²) in [6, 6.07) is 9.54. The number of rotatable bonds is 11. The first-order valence-electron chi connectivity index (χ1n) is 10.1. The second-order valence-corrected chi connectivity index (χ2v) is 9.38. The third kappa shape index (κ3) is 6.49. The number of unbranched alkanes of at least 4 members (excludes halogenated alkanes) is 2. The van der Waals surface area contributed by atoms with Gasteiger partial charge in [-0.05, 0) is 49.2 Å². The zero-order valence-electron chi connectivity index (χ0n) is 17.5. The number of benzene rings is 2. The van der Waals surface area contributed by atoms with Crippen LogP contribution in [-0.2, 0) is 10.0 Å². The van der Waals surface area contributed by atoms with Gasteiger partial charge >= 0.3 is 0 Å². The third-order valence-electron chi connectivity index (χ3n) is 4.67. The fourth-order valence-electron chi connectivity index (χ4n) is 2.93. The SMILES string of the molecule is CCCCN(CCCC)S(=O)(=O)c1ccc(NC(=O)c2ccc(Cl)cc2[N+](=O)[O-])cc1. The largest absolute Gasteiger partial charge is 0.322 e. The van der Waals surface area contributed by atoms with E-state index in [1.165, 1.54) is 40.7 Å². The molecule has 2 aromatic carbocycles. The fourth-order valence-corrected chi connectivity index (χ4v) is 4.61. The summed E-state index contributed by atoms with van der Waals surface area (Å²) in [5.41, 5.74) is -0.232. The van der Waals surface area contributed by atoms with E-state index in [2.05, 4.69) is 5.32 Å². The van der Waals surface area contributed by atoms with Gasteiger partial charge in [-0.2, -0.15) is 4.31 Å². The van der Waals surface area contributed by atoms with Crippen LogP contribution in [0.2, 0.25) is 5.02 Å². The third-order valence-corrected chi connectivity index (χ3v) is 6.82. The molecule has 0 radical (unpaired) electrons. The Balaban J connectivity index is 2.21. The van der Waals surface area contributed by atoms with E-state index in [0.29, 0.717) is 18.8 Å². The van der Waals surface area contributed by atoms with E-state index in [1.807, 2.05) is 13.8 Å². The number of nitro benzene ring substituents is 1. The van der Waals surface area contributed by atoms with Crippen LogP contribution in [0.1, 0.15) is 49.9 Å². The van der Waals surface area contributed by atoms with Gasteiger partial charge < -0.3 is 5.32 Å². The highest BCUT2D eigenvalue weighted by molar-refractivity contribution is 7.89. The molecule has 1 N–H and O–H groups in total. The molecule has 0 fully saturated rings. The lowest BCUT2D eigenvalue weighted by Gasteiger charge is -2.22. The number of halogens is 1. The second kappa shape index (κ2) is 11.2. The van der Waals surface area contributed by atoms with Crippen molar-refractivity contribution in [2.45, 2.75) is 44.4 Å². The van der Waals surface area contributed by atoms with Crippen LogP contribution < -0.4 is 5.32 Å². The van der Waals surface area contributed by atoms with Crippen molar-refractivity contribution in [2.24, 2.45) is 0 Å². The Kier molecular flexibility index (Phi) is 8.97. The first kappa shape index (κ1) is 24.8. The second-order valence-electron chi connectivity index (χ2n) is 7.01. The molecule has 8 nitrogen and oxygen atoms in total. The molecule has 0 bridgehead atoms. The van der Waals surface area contributed by atoms with E-state index in [1.54, 1.807) is 0 Å². The molecule has 0 aliphatic rings. The van der Waals surface area contributed by atoms with Gasteiger partial charge in [0.2, 0.25) is 10.0 Å². The zero-order valence-corrected chi connectivity index (χ0v) is 19.1. The minimum Gasteiger partial charge on any atom is -0.322 e. The smallest absolute Gasteiger partial charge is 0.283 e. The summed E-state index contributed by atoms with van der Waals surface area (Å²) in [5, 5.41) is 13.9. The number of hydrogen-bond donors (Lipinski definition) is 1. The number of anilines is 1. The number of hydrogen-bond acceptors (Lipinski definition) is 5. The minimum atomic E-state index is -3.65. The number of carbonyl (C=O) groups is 1. The van der Waals surface area contributed by atoms with Crippen LogP contribution >= 0.6 is 11.6 Å². The number of carbonyl (C=O) groups excluding carboxylic acids is 1. The summed E-state index contributed by atoms with van der Waals surface area (Å²) in [6.45, 7) is 4.93. The van der Waals surface area contributed by atoms with Crippen molar-refractivity contribution in [3.8, 4) is 0 Å². The summed E-state index contributed by atoms with van der Waals surface area (Å²) in [7, 11) is -3.65. The van der Waals surface area contributed by atoms with Gasteiger partial charge in [0.1, 0.15) is 5.56 Å². The van der Waals surface area contributed by atoms with Crippen molar-refractivity contribution in [2.75, 3.05) is 18.4 Å². The molecule has 1 amide bonds. The van der Waals surface area contributed by atoms with Crippen molar-refractivity contribution in [1.29, 1.82) is 0 Å². The highest BCUT2D eigenvalue weighted by atomic mass is 35.5. The maximum Gasteiger partial charge on any atom is 0.283 e. The van der Waals surface area contributed by atoms with Gasteiger partial charge in [-0.25, -0.2) is 8.42 Å². The molecule has 0 aliphatic carbocycles. The van der Waals surface area contributed by atoms with Crippen LogP contribution in [0.4, 0.5) is 11.4 Å². The Bertz CT molecular complexity index is 1020. The zero-order chi connectivity index (χ0) is 23.0. The van der Waals surface area contributed by atoms with Crippen molar-refractivity contribution in [3.05, 3.63) is 63.2 Å². The molecule has 168 valence electrons. The summed E-state index contributed by atoms with van der Waals surface area (Å²) in [4.78, 5) is 23.1. The molecular weight excluding hydrogens is 442 g/mol. The molecule has 0 aromatic heterocycles. The molecule has 2 aromatic rings. The van der Waals surface area contributed by atoms with Gasteiger partial charge in [0.15, 0.2) is 0 Å². The van der Waals surface area contributed by atoms with Gasteiger partial charge in [-0.3, -0.25) is 14.9 Å². The van der Waals surface area contributed by atoms with Crippen molar-refractivity contribution < 1.29 is 18.1 Å². The van der Waals surface area contributed by atoms with E-state index in [4.69, 9.17) is 11.6 Å². The van der Waals surface area contributed by atoms with Gasteiger partial charge in [-0.15, -0.1) is 0 Å². The number of amides is 1. The average Bonchev–Trinajstić information content (AvgIpc) is 2.73. The highest BCUT2D eigenvalue weighted by Crippen LogP contribution is 2.25. The van der Waals surface area contributed by atoms with Crippen molar-refractivity contribution in [3.63, 3.8) is 0 Å². The fraction of sp³-hybridized carbons (Fsp3) is 0.381. The lowest BCUT2D eigenvalue weighted by molar-refractivity contribution is -0.385. The van der Waals surface area contributed by atoms with Crippen LogP contribution in [-0.4, -0.2) is 36.6 Å². The molecule has 0 spiro atoms. The van der Waals surface area contributed by atoms with E-state index < -0.39 is 26.5 Å². The molecule has 0 atom stereocenters. The summed E-state index contributed by atoms with van der Waals surface area (Å²) in [6.07, 6.45) is 3.33. The highest BCUT2D eigenvalue weighted by Gasteiger charge is 2.24. The predicted molar refractivity (Wildman–Crippen MR) is 121 cm³/mol. The summed E-state index contributed by atoms with van der Waals surface area (Å²) >= 11 is 5.78. The van der Waals surface area contributed by atoms with E-state index in [-0.39, 0.29) is 15.5 Å². The van der Waals surface area contributed by atoms with Crippen LogP contribution in [0.5, 0.6) is 0 Å². The molecule has 0 saturated heterocycles. The summed E-state index contributed by atoms with van der Waals surface area (Å²) in [5.74, 6) is -0.688. The lowest BCUT2D eigenvalue weighted by Crippen LogP contribution is -2.33. The van der Waals surface area contributed by atoms with Gasteiger partial charge in [-0.1, -0.05) is 38.3 Å². The standard InChI is InChI=1S/C21H26ClN3O5S/c1-3-5-13-24(14-6-4-2)31(29,30)18-10-8-17(9-11-18)23-21(26)19-12-7-16(22)15-20(19)25(27)28/h7-12,15H,3-6,13-14H2,1-2H3,(H,23,26). The first-order valence-corrected chi connectivity index (χ1v) is 11.9. The quantitative estimate of drug-likeness (QED) is 0.365. The van der Waals surface area contributed by atoms with E-state index >= 15 is 0 Å². The Hall–Kier alpha value is -2.49. The molecule has 0 aliphatic heterocycles. The van der Waals surface area contributed by atoms with E-state index in [0.717, 1.165) is 31.7 Å². The molecule has 0 unspecified atom stereocenters. The summed E-state index contributed by atoms with van der Waals surface area (Å²) < 4.78 is 27.5. The normalized spacial score (nSPS) is 11.5. The van der Waals surface area contributed by atoms with Gasteiger partial charge in [0, 0.05) is 29.9 Å². The molecule has 0 heterocycles. The Morgan fingerprint density at radius 1 is 1.06 bits per heavy atom.